The molecule has 0 aromatic carbocycles. The first-order chi connectivity index (χ1) is 6.33. The van der Waals surface area contributed by atoms with E-state index in [4.69, 9.17) is 4.84 Å². The third-order valence-electron chi connectivity index (χ3n) is 2.80. The van der Waals surface area contributed by atoms with Gasteiger partial charge in [-0.05, 0) is 44.7 Å². The number of rotatable bonds is 5. The van der Waals surface area contributed by atoms with E-state index in [0.29, 0.717) is 0 Å². The van der Waals surface area contributed by atoms with Crippen molar-refractivity contribution >= 4 is 0 Å². The van der Waals surface area contributed by atoms with Crippen LogP contribution in [0, 0.1) is 5.92 Å². The van der Waals surface area contributed by atoms with Gasteiger partial charge in [-0.3, -0.25) is 0 Å². The third kappa shape index (κ3) is 4.60. The minimum Gasteiger partial charge on any atom is -0.316 e. The molecule has 1 fully saturated rings. The lowest BCUT2D eigenvalue weighted by Crippen LogP contribution is -2.30. The first-order valence-electron chi connectivity index (χ1n) is 5.29. The zero-order valence-electron chi connectivity index (χ0n) is 8.88. The quantitative estimate of drug-likeness (QED) is 0.654. The van der Waals surface area contributed by atoms with Crippen molar-refractivity contribution in [1.82, 2.24) is 10.4 Å². The Labute approximate surface area is 81.4 Å². The topological polar surface area (TPSA) is 24.5 Å². The van der Waals surface area contributed by atoms with Crippen LogP contribution in [0.1, 0.15) is 25.7 Å². The van der Waals surface area contributed by atoms with Crippen LogP contribution in [-0.2, 0) is 4.84 Å². The predicted octanol–water partition coefficient (Wildman–Crippen LogP) is 1.26. The normalized spacial score (nSPS) is 23.8. The summed E-state index contributed by atoms with van der Waals surface area (Å²) in [5.41, 5.74) is 0. The average Bonchev–Trinajstić information content (AvgIpc) is 2.19. The Bertz CT molecular complexity index is 124. The minimum absolute atomic E-state index is 0.902. The molecule has 1 N–H and O–H groups in total. The first-order valence-corrected chi connectivity index (χ1v) is 5.29. The van der Waals surface area contributed by atoms with E-state index >= 15 is 0 Å². The number of nitrogens with one attached hydrogen (secondary N) is 1. The van der Waals surface area contributed by atoms with Crippen LogP contribution >= 0.6 is 0 Å². The SMILES string of the molecule is CON(C)CCCC1CCCNC1. The molecule has 78 valence electrons. The van der Waals surface area contributed by atoms with Crippen LogP contribution in [0.4, 0.5) is 0 Å². The van der Waals surface area contributed by atoms with Gasteiger partial charge in [0, 0.05) is 13.6 Å². The van der Waals surface area contributed by atoms with E-state index in [1.807, 2.05) is 12.1 Å². The van der Waals surface area contributed by atoms with E-state index in [9.17, 15) is 0 Å². The molecule has 0 bridgehead atoms. The summed E-state index contributed by atoms with van der Waals surface area (Å²) >= 11 is 0. The van der Waals surface area contributed by atoms with Gasteiger partial charge in [-0.25, -0.2) is 0 Å². The molecule has 0 aromatic heterocycles. The maximum absolute atomic E-state index is 5.06. The Balaban J connectivity index is 1.98. The molecule has 1 aliphatic rings. The Morgan fingerprint density at radius 3 is 3.00 bits per heavy atom. The van der Waals surface area contributed by atoms with Gasteiger partial charge in [0.15, 0.2) is 0 Å². The summed E-state index contributed by atoms with van der Waals surface area (Å²) in [4.78, 5) is 5.06. The lowest BCUT2D eigenvalue weighted by molar-refractivity contribution is -0.110. The van der Waals surface area contributed by atoms with E-state index in [0.717, 1.165) is 12.5 Å². The number of nitrogens with zero attached hydrogens (tertiary/aromatic N) is 1. The van der Waals surface area contributed by atoms with Crippen molar-refractivity contribution in [2.75, 3.05) is 33.8 Å². The van der Waals surface area contributed by atoms with Crippen LogP contribution in [0.15, 0.2) is 0 Å². The molecule has 0 saturated carbocycles. The van der Waals surface area contributed by atoms with Crippen LogP contribution in [0.25, 0.3) is 0 Å². The molecule has 13 heavy (non-hydrogen) atoms. The number of piperidine rings is 1. The number of hydrogen-bond acceptors (Lipinski definition) is 3. The predicted molar refractivity (Wildman–Crippen MR) is 54.5 cm³/mol. The second-order valence-electron chi connectivity index (χ2n) is 3.89. The zero-order chi connectivity index (χ0) is 9.52. The fourth-order valence-electron chi connectivity index (χ4n) is 1.86. The molecule has 1 rings (SSSR count). The van der Waals surface area contributed by atoms with Crippen LogP contribution in [0.5, 0.6) is 0 Å². The fourth-order valence-corrected chi connectivity index (χ4v) is 1.86. The van der Waals surface area contributed by atoms with Crippen LogP contribution in [0.3, 0.4) is 0 Å². The van der Waals surface area contributed by atoms with Crippen LogP contribution in [-0.4, -0.2) is 38.9 Å². The highest BCUT2D eigenvalue weighted by atomic mass is 16.7. The van der Waals surface area contributed by atoms with Crippen molar-refractivity contribution in [1.29, 1.82) is 0 Å². The third-order valence-corrected chi connectivity index (χ3v) is 2.80. The second kappa shape index (κ2) is 6.35. The molecule has 0 aromatic rings. The van der Waals surface area contributed by atoms with Crippen molar-refractivity contribution in [3.63, 3.8) is 0 Å². The van der Waals surface area contributed by atoms with E-state index < -0.39 is 0 Å². The largest absolute Gasteiger partial charge is 0.316 e. The van der Waals surface area contributed by atoms with Gasteiger partial charge >= 0.3 is 0 Å². The van der Waals surface area contributed by atoms with Gasteiger partial charge in [-0.15, -0.1) is 0 Å². The van der Waals surface area contributed by atoms with Gasteiger partial charge in [-0.1, -0.05) is 0 Å². The molecule has 0 amide bonds. The molecule has 1 aliphatic heterocycles. The summed E-state index contributed by atoms with van der Waals surface area (Å²) in [7, 11) is 3.71. The maximum Gasteiger partial charge on any atom is 0.0575 e. The monoisotopic (exact) mass is 186 g/mol. The number of hydroxylamine groups is 2. The van der Waals surface area contributed by atoms with E-state index in [-0.39, 0.29) is 0 Å². The number of hydrogen-bond donors (Lipinski definition) is 1. The highest BCUT2D eigenvalue weighted by Crippen LogP contribution is 2.15. The van der Waals surface area contributed by atoms with E-state index in [2.05, 4.69) is 5.32 Å². The highest BCUT2D eigenvalue weighted by Gasteiger charge is 2.12. The van der Waals surface area contributed by atoms with Crippen LogP contribution < -0.4 is 5.32 Å². The van der Waals surface area contributed by atoms with Gasteiger partial charge < -0.3 is 10.2 Å². The van der Waals surface area contributed by atoms with Crippen molar-refractivity contribution < 1.29 is 4.84 Å². The molecular formula is C10H22N2O. The van der Waals surface area contributed by atoms with Crippen molar-refractivity contribution in [3.8, 4) is 0 Å². The molecule has 1 heterocycles. The van der Waals surface area contributed by atoms with Crippen LogP contribution in [0.2, 0.25) is 0 Å². The molecule has 3 heteroatoms. The zero-order valence-corrected chi connectivity index (χ0v) is 8.88. The summed E-state index contributed by atoms with van der Waals surface area (Å²) < 4.78 is 0. The summed E-state index contributed by atoms with van der Waals surface area (Å²) in [6.07, 6.45) is 5.34. The Kier molecular flexibility index (Phi) is 5.35. The molecule has 0 spiro atoms. The summed E-state index contributed by atoms with van der Waals surface area (Å²) in [5, 5.41) is 5.34. The maximum atomic E-state index is 5.06. The molecule has 3 nitrogen and oxygen atoms in total. The molecule has 1 unspecified atom stereocenters. The van der Waals surface area contributed by atoms with Gasteiger partial charge in [0.05, 0.1) is 7.11 Å². The van der Waals surface area contributed by atoms with Crippen molar-refractivity contribution in [3.05, 3.63) is 0 Å². The molecule has 0 radical (unpaired) electrons. The highest BCUT2D eigenvalue weighted by molar-refractivity contribution is 4.68. The van der Waals surface area contributed by atoms with Gasteiger partial charge in [0.1, 0.15) is 0 Å². The van der Waals surface area contributed by atoms with Gasteiger partial charge in [0.25, 0.3) is 0 Å². The van der Waals surface area contributed by atoms with Crippen molar-refractivity contribution in [2.24, 2.45) is 5.92 Å². The Morgan fingerprint density at radius 1 is 1.54 bits per heavy atom. The molecule has 0 aliphatic carbocycles. The van der Waals surface area contributed by atoms with Crippen molar-refractivity contribution in [2.45, 2.75) is 25.7 Å². The van der Waals surface area contributed by atoms with Gasteiger partial charge in [-0.2, -0.15) is 5.06 Å². The summed E-state index contributed by atoms with van der Waals surface area (Å²) in [6.45, 7) is 3.48. The van der Waals surface area contributed by atoms with E-state index in [1.54, 1.807) is 7.11 Å². The smallest absolute Gasteiger partial charge is 0.0575 e. The molecule has 1 saturated heterocycles. The van der Waals surface area contributed by atoms with E-state index in [1.165, 1.54) is 38.8 Å². The standard InChI is InChI=1S/C10H22N2O/c1-12(13-2)8-4-6-10-5-3-7-11-9-10/h10-11H,3-9H2,1-2H3. The summed E-state index contributed by atoms with van der Waals surface area (Å²) in [6, 6.07) is 0. The second-order valence-corrected chi connectivity index (χ2v) is 3.89. The van der Waals surface area contributed by atoms with Gasteiger partial charge in [0.2, 0.25) is 0 Å². The average molecular weight is 186 g/mol. The Hall–Kier alpha value is -0.120. The molecule has 1 atom stereocenters. The summed E-state index contributed by atoms with van der Waals surface area (Å²) in [5.74, 6) is 0.902. The molecular weight excluding hydrogens is 164 g/mol. The fraction of sp³-hybridized carbons (Fsp3) is 1.00. The lowest BCUT2D eigenvalue weighted by Gasteiger charge is -2.23. The lowest BCUT2D eigenvalue weighted by atomic mass is 9.95. The Morgan fingerprint density at radius 2 is 2.38 bits per heavy atom. The first kappa shape index (κ1) is 11.0. The minimum atomic E-state index is 0.902.